The van der Waals surface area contributed by atoms with E-state index in [1.54, 1.807) is 55.0 Å². The van der Waals surface area contributed by atoms with Crippen molar-refractivity contribution in [3.63, 3.8) is 0 Å². The smallest absolute Gasteiger partial charge is 0.329 e. The highest BCUT2D eigenvalue weighted by atomic mass is 32.1. The Kier molecular flexibility index (Phi) is 21.3. The number of carbonyl (C=O) groups excluding carboxylic acids is 7. The van der Waals surface area contributed by atoms with Crippen LogP contribution in [0.5, 0.6) is 0 Å². The van der Waals surface area contributed by atoms with Crippen LogP contribution in [0.15, 0.2) is 103 Å². The standard InChI is InChI=1S/C64H79N8O12PS/c1-38(45-22-20-44(21-23-45)36-85(81,82)83)30-56(76)68-51-27-26-46-11-9-12-48-31-53(72(57(46)48)62(51)79)61(78)69-50(28-29-54(65)74)40(3)84-35-43-16-14-41(15-17-43)10-7-8-13-55(75)70-59(64(4,5)6)63(80)71-34-49(73)32-52(71)60(77)66-33-42-18-24-47(25-19-42)58-39(2)67-37-86-58/h9,11-12,14-25,30,37,40,49-53,59,73H,7-8,10,13,26-29,31-36H2,1-6H3,(H2,65,74)(H,66,77)(H,68,76)(H,69,78)(H,70,75)(H2,81,82,83)/b38-30+/t40-,49-,50+,51+,52+,53+,59-/m1/s1. The molecule has 7 amide bonds. The van der Waals surface area contributed by atoms with Gasteiger partial charge in [0.15, 0.2) is 0 Å². The summed E-state index contributed by atoms with van der Waals surface area (Å²) in [5, 5.41) is 22.5. The molecule has 0 radical (unpaired) electrons. The van der Waals surface area contributed by atoms with Gasteiger partial charge in [0.1, 0.15) is 24.2 Å². The topological polar surface area (TPSA) is 300 Å². The number of thiazole rings is 1. The lowest BCUT2D eigenvalue weighted by Gasteiger charge is -2.35. The van der Waals surface area contributed by atoms with Gasteiger partial charge >= 0.3 is 7.60 Å². The highest BCUT2D eigenvalue weighted by molar-refractivity contribution is 7.50. The Labute approximate surface area is 505 Å². The van der Waals surface area contributed by atoms with E-state index < -0.39 is 91.1 Å². The van der Waals surface area contributed by atoms with E-state index in [4.69, 9.17) is 10.5 Å². The predicted octanol–water partition coefficient (Wildman–Crippen LogP) is 6.47. The lowest BCUT2D eigenvalue weighted by atomic mass is 9.85. The second-order valence-electron chi connectivity index (χ2n) is 23.9. The first-order chi connectivity index (χ1) is 40.8. The van der Waals surface area contributed by atoms with Crippen LogP contribution in [0.1, 0.15) is 124 Å². The van der Waals surface area contributed by atoms with Crippen LogP contribution in [0.3, 0.4) is 0 Å². The second-order valence-corrected chi connectivity index (χ2v) is 26.4. The number of nitrogens with zero attached hydrogens (tertiary/aromatic N) is 3. The first-order valence-electron chi connectivity index (χ1n) is 29.2. The monoisotopic (exact) mass is 1210 g/mol. The molecule has 20 nitrogen and oxygen atoms in total. The number of amides is 7. The maximum atomic E-state index is 14.5. The van der Waals surface area contributed by atoms with Gasteiger partial charge in [-0.05, 0) is 115 Å². The number of aryl methyl sites for hydroxylation is 3. The number of anilines is 1. The van der Waals surface area contributed by atoms with Gasteiger partial charge in [-0.1, -0.05) is 112 Å². The van der Waals surface area contributed by atoms with Gasteiger partial charge < -0.3 is 51.5 Å². The van der Waals surface area contributed by atoms with Gasteiger partial charge in [-0.3, -0.25) is 43.0 Å². The SMILES string of the molecule is C/C(=C\C(=O)N[C@H]1CCc2cccc3c2N(C1=O)[C@H](C(=O)N[C@@H](CCC(N)=O)[C@@H](C)OCc1ccc(CCCCC(=O)N[C@H](C(=O)N2C[C@H](O)C[C@H]2C(=O)NCc2ccc(-c4scnc4C)cc2)C(C)(C)C)cc1)C3)c1ccc(CP(=O)(O)O)cc1. The number of rotatable bonds is 25. The summed E-state index contributed by atoms with van der Waals surface area (Å²) in [5.41, 5.74) is 15.5. The van der Waals surface area contributed by atoms with Crippen LogP contribution in [0.25, 0.3) is 16.0 Å². The summed E-state index contributed by atoms with van der Waals surface area (Å²) in [5.74, 6) is -3.04. The molecule has 5 aromatic rings. The Balaban J connectivity index is 0.805. The van der Waals surface area contributed by atoms with E-state index in [0.29, 0.717) is 48.1 Å². The average molecular weight is 1220 g/mol. The normalized spacial score (nSPS) is 18.8. The molecule has 22 heteroatoms. The number of allylic oxidation sites excluding steroid dienone is 1. The van der Waals surface area contributed by atoms with E-state index in [2.05, 4.69) is 26.3 Å². The minimum absolute atomic E-state index is 0.0225. The number of aromatic nitrogens is 1. The number of para-hydroxylation sites is 1. The molecule has 1 fully saturated rings. The molecule has 1 aromatic heterocycles. The van der Waals surface area contributed by atoms with Gasteiger partial charge in [-0.2, -0.15) is 0 Å². The number of hydrogen-bond acceptors (Lipinski definition) is 12. The lowest BCUT2D eigenvalue weighted by Crippen LogP contribution is -2.57. The number of ether oxygens (including phenoxy) is 1. The Morgan fingerprint density at radius 3 is 2.21 bits per heavy atom. The van der Waals surface area contributed by atoms with E-state index in [-0.39, 0.29) is 70.0 Å². The van der Waals surface area contributed by atoms with E-state index in [9.17, 15) is 53.0 Å². The molecule has 3 aliphatic heterocycles. The predicted molar refractivity (Wildman–Crippen MR) is 328 cm³/mol. The Bertz CT molecular complexity index is 3360. The van der Waals surface area contributed by atoms with E-state index in [0.717, 1.165) is 44.0 Å². The van der Waals surface area contributed by atoms with Gasteiger partial charge in [0.2, 0.25) is 41.4 Å². The van der Waals surface area contributed by atoms with Crippen molar-refractivity contribution in [1.82, 2.24) is 31.2 Å². The van der Waals surface area contributed by atoms with E-state index >= 15 is 0 Å². The Morgan fingerprint density at radius 1 is 0.872 bits per heavy atom. The summed E-state index contributed by atoms with van der Waals surface area (Å²) < 4.78 is 17.8. The van der Waals surface area contributed by atoms with Crippen LogP contribution >= 0.6 is 18.9 Å². The van der Waals surface area contributed by atoms with Crippen LogP contribution in [0.4, 0.5) is 5.69 Å². The zero-order valence-electron chi connectivity index (χ0n) is 49.5. The summed E-state index contributed by atoms with van der Waals surface area (Å²) in [4.78, 5) is 123. The summed E-state index contributed by atoms with van der Waals surface area (Å²) >= 11 is 1.56. The molecule has 3 aliphatic rings. The summed E-state index contributed by atoms with van der Waals surface area (Å²) in [6.07, 6.45) is 2.80. The molecular formula is C64H79N8O12PS. The van der Waals surface area contributed by atoms with Crippen molar-refractivity contribution in [3.05, 3.63) is 147 Å². The summed E-state index contributed by atoms with van der Waals surface area (Å²) in [6.45, 7) is 11.4. The first-order valence-corrected chi connectivity index (χ1v) is 31.9. The number of benzene rings is 4. The molecule has 1 saturated heterocycles. The number of likely N-dealkylation sites (tertiary alicyclic amines) is 1. The first kappa shape index (κ1) is 64.6. The van der Waals surface area contributed by atoms with Crippen molar-refractivity contribution < 1.29 is 57.8 Å². The summed E-state index contributed by atoms with van der Waals surface area (Å²) in [7, 11) is -4.26. The molecule has 7 atom stereocenters. The van der Waals surface area contributed by atoms with Gasteiger partial charge in [0.25, 0.3) is 0 Å². The molecule has 458 valence electrons. The van der Waals surface area contributed by atoms with E-state index in [1.807, 2.05) is 94.4 Å². The quantitative estimate of drug-likeness (QED) is 0.0177. The van der Waals surface area contributed by atoms with Crippen molar-refractivity contribution >= 4 is 71.5 Å². The third-order valence-electron chi connectivity index (χ3n) is 16.1. The van der Waals surface area contributed by atoms with Crippen molar-refractivity contribution in [2.24, 2.45) is 11.1 Å². The highest BCUT2D eigenvalue weighted by Gasteiger charge is 2.46. The molecule has 4 aromatic carbocycles. The van der Waals surface area contributed by atoms with Gasteiger partial charge in [0, 0.05) is 44.8 Å². The maximum absolute atomic E-state index is 14.5. The number of unbranched alkanes of at least 4 members (excludes halogenated alkanes) is 1. The van der Waals surface area contributed by atoms with Crippen LogP contribution in [-0.2, 0) is 81.4 Å². The fourth-order valence-corrected chi connectivity index (χ4v) is 12.9. The summed E-state index contributed by atoms with van der Waals surface area (Å²) in [6, 6.07) is 23.5. The highest BCUT2D eigenvalue weighted by Crippen LogP contribution is 2.41. The van der Waals surface area contributed by atoms with Crippen molar-refractivity contribution in [1.29, 1.82) is 0 Å². The molecular weight excluding hydrogens is 1140 g/mol. The number of carbonyl (C=O) groups is 7. The van der Waals surface area contributed by atoms with Gasteiger partial charge in [-0.25, -0.2) is 4.98 Å². The van der Waals surface area contributed by atoms with Gasteiger partial charge in [-0.15, -0.1) is 11.3 Å². The van der Waals surface area contributed by atoms with Crippen LogP contribution in [0, 0.1) is 12.3 Å². The Morgan fingerprint density at radius 2 is 1.55 bits per heavy atom. The molecule has 4 heterocycles. The number of aliphatic hydroxyl groups is 1. The number of aliphatic hydroxyl groups excluding tert-OH is 1. The lowest BCUT2D eigenvalue weighted by molar-refractivity contribution is -0.144. The maximum Gasteiger partial charge on any atom is 0.329 e. The fraction of sp³-hybridized carbons (Fsp3) is 0.438. The van der Waals surface area contributed by atoms with Crippen molar-refractivity contribution in [2.45, 2.75) is 167 Å². The average Bonchev–Trinajstić information content (AvgIpc) is 1.71. The molecule has 86 heavy (non-hydrogen) atoms. The number of nitrogens with one attached hydrogen (secondary N) is 4. The number of primary amides is 1. The third kappa shape index (κ3) is 17.0. The molecule has 9 N–H and O–H groups in total. The molecule has 8 rings (SSSR count). The molecule has 0 spiro atoms. The molecule has 0 aliphatic carbocycles. The van der Waals surface area contributed by atoms with Crippen molar-refractivity contribution in [3.8, 4) is 10.4 Å². The Hall–Kier alpha value is -7.39. The zero-order chi connectivity index (χ0) is 62.0. The number of β-amino-alcohol motifs (C(OH)–C–C–N with tert-alkyl or cyclic N) is 1. The van der Waals surface area contributed by atoms with Crippen LogP contribution in [0.2, 0.25) is 0 Å². The minimum Gasteiger partial charge on any atom is -0.391 e. The minimum atomic E-state index is -4.26. The number of hydrogen-bond donors (Lipinski definition) is 8. The third-order valence-corrected chi connectivity index (χ3v) is 17.9. The molecule has 0 saturated carbocycles. The fourth-order valence-electron chi connectivity index (χ4n) is 11.4. The van der Waals surface area contributed by atoms with Crippen molar-refractivity contribution in [2.75, 3.05) is 11.4 Å². The second kappa shape index (κ2) is 28.4. The van der Waals surface area contributed by atoms with Crippen LogP contribution in [-0.4, -0.2) is 115 Å². The van der Waals surface area contributed by atoms with Crippen LogP contribution < -0.4 is 31.9 Å². The molecule has 0 unspecified atom stereocenters. The number of nitrogens with two attached hydrogens (primary N) is 1. The largest absolute Gasteiger partial charge is 0.391 e. The van der Waals surface area contributed by atoms with E-state index in [1.165, 1.54) is 15.9 Å². The zero-order valence-corrected chi connectivity index (χ0v) is 51.3. The molecule has 0 bridgehead atoms. The van der Waals surface area contributed by atoms with Gasteiger partial charge in [0.05, 0.1) is 52.8 Å².